The summed E-state index contributed by atoms with van der Waals surface area (Å²) in [5.74, 6) is 1.000. The third-order valence-corrected chi connectivity index (χ3v) is 3.59. The second-order valence-electron chi connectivity index (χ2n) is 4.96. The van der Waals surface area contributed by atoms with Crippen LogP contribution in [0.3, 0.4) is 0 Å². The highest BCUT2D eigenvalue weighted by atomic mass is 16.5. The minimum atomic E-state index is -0.118. The van der Waals surface area contributed by atoms with Gasteiger partial charge in [0, 0.05) is 5.69 Å². The molecular formula is C16H18N2O. The fourth-order valence-corrected chi connectivity index (χ4v) is 2.47. The summed E-state index contributed by atoms with van der Waals surface area (Å²) in [7, 11) is 0. The Morgan fingerprint density at radius 2 is 1.74 bits per heavy atom. The van der Waals surface area contributed by atoms with E-state index < -0.39 is 0 Å². The van der Waals surface area contributed by atoms with E-state index in [1.165, 1.54) is 5.56 Å². The molecule has 19 heavy (non-hydrogen) atoms. The minimum Gasteiger partial charge on any atom is -0.493 e. The van der Waals surface area contributed by atoms with Gasteiger partial charge in [-0.15, -0.1) is 0 Å². The molecule has 1 heterocycles. The zero-order valence-electron chi connectivity index (χ0n) is 10.8. The van der Waals surface area contributed by atoms with Crippen LogP contribution in [0.2, 0.25) is 0 Å². The third-order valence-electron chi connectivity index (χ3n) is 3.59. The fraction of sp³-hybridized carbons (Fsp3) is 0.250. The van der Waals surface area contributed by atoms with Crippen molar-refractivity contribution in [2.75, 3.05) is 12.3 Å². The zero-order chi connectivity index (χ0) is 13.2. The lowest BCUT2D eigenvalue weighted by molar-refractivity contribution is 0.288. The highest BCUT2D eigenvalue weighted by Gasteiger charge is 2.14. The Balaban J connectivity index is 1.91. The first-order valence-corrected chi connectivity index (χ1v) is 6.61. The van der Waals surface area contributed by atoms with Crippen LogP contribution in [0.4, 0.5) is 5.69 Å². The molecule has 0 amide bonds. The molecule has 1 unspecified atom stereocenters. The van der Waals surface area contributed by atoms with Gasteiger partial charge >= 0.3 is 0 Å². The molecule has 3 rings (SSSR count). The van der Waals surface area contributed by atoms with E-state index in [0.29, 0.717) is 0 Å². The lowest BCUT2D eigenvalue weighted by Crippen LogP contribution is -2.14. The molecule has 1 atom stereocenters. The van der Waals surface area contributed by atoms with Crippen LogP contribution >= 0.6 is 0 Å². The topological polar surface area (TPSA) is 61.3 Å². The molecule has 4 N–H and O–H groups in total. The summed E-state index contributed by atoms with van der Waals surface area (Å²) in [5.41, 5.74) is 16.2. The summed E-state index contributed by atoms with van der Waals surface area (Å²) >= 11 is 0. The van der Waals surface area contributed by atoms with Gasteiger partial charge in [0.05, 0.1) is 12.6 Å². The molecule has 1 aliphatic heterocycles. The molecule has 0 radical (unpaired) electrons. The lowest BCUT2D eigenvalue weighted by atomic mass is 9.95. The van der Waals surface area contributed by atoms with Gasteiger partial charge in [-0.3, -0.25) is 0 Å². The highest BCUT2D eigenvalue weighted by molar-refractivity contribution is 5.45. The van der Waals surface area contributed by atoms with E-state index in [4.69, 9.17) is 16.2 Å². The second-order valence-corrected chi connectivity index (χ2v) is 4.96. The van der Waals surface area contributed by atoms with Crippen molar-refractivity contribution in [3.8, 4) is 5.75 Å². The molecule has 0 saturated carbocycles. The van der Waals surface area contributed by atoms with Crippen molar-refractivity contribution < 1.29 is 4.74 Å². The predicted octanol–water partition coefficient (Wildman–Crippen LogP) is 2.64. The van der Waals surface area contributed by atoms with Gasteiger partial charge in [0.1, 0.15) is 5.75 Å². The Morgan fingerprint density at radius 3 is 2.53 bits per heavy atom. The maximum Gasteiger partial charge on any atom is 0.122 e. The summed E-state index contributed by atoms with van der Waals surface area (Å²) in [6.45, 7) is 0.816. The lowest BCUT2D eigenvalue weighted by Gasteiger charge is -2.20. The predicted molar refractivity (Wildman–Crippen MR) is 77.1 cm³/mol. The molecule has 3 heteroatoms. The molecule has 0 aliphatic carbocycles. The summed E-state index contributed by atoms with van der Waals surface area (Å²) in [6.07, 6.45) is 2.14. The quantitative estimate of drug-likeness (QED) is 0.810. The average Bonchev–Trinajstić information content (AvgIpc) is 2.47. The molecule has 0 bridgehead atoms. The van der Waals surface area contributed by atoms with Crippen LogP contribution in [-0.4, -0.2) is 6.61 Å². The normalized spacial score (nSPS) is 15.4. The van der Waals surface area contributed by atoms with Crippen molar-refractivity contribution in [2.24, 2.45) is 5.73 Å². The first-order valence-electron chi connectivity index (χ1n) is 6.61. The average molecular weight is 254 g/mol. The van der Waals surface area contributed by atoms with Crippen LogP contribution in [-0.2, 0) is 6.42 Å². The van der Waals surface area contributed by atoms with Gasteiger partial charge in [-0.25, -0.2) is 0 Å². The van der Waals surface area contributed by atoms with Crippen molar-refractivity contribution in [3.63, 3.8) is 0 Å². The largest absolute Gasteiger partial charge is 0.493 e. The number of aryl methyl sites for hydroxylation is 1. The highest BCUT2D eigenvalue weighted by Crippen LogP contribution is 2.29. The summed E-state index contributed by atoms with van der Waals surface area (Å²) in [5, 5.41) is 0. The Kier molecular flexibility index (Phi) is 3.13. The van der Waals surface area contributed by atoms with E-state index in [1.54, 1.807) is 0 Å². The SMILES string of the molecule is Nc1ccc(C(N)c2ccc3c(c2)CCCO3)cc1. The van der Waals surface area contributed by atoms with E-state index >= 15 is 0 Å². The standard InChI is InChI=1S/C16H18N2O/c17-14-6-3-11(4-7-14)16(18)13-5-8-15-12(10-13)2-1-9-19-15/h3-8,10,16H,1-2,9,17-18H2. The first-order chi connectivity index (χ1) is 9.24. The minimum absolute atomic E-state index is 0.118. The van der Waals surface area contributed by atoms with Crippen molar-refractivity contribution in [1.29, 1.82) is 0 Å². The van der Waals surface area contributed by atoms with Gasteiger partial charge < -0.3 is 16.2 Å². The van der Waals surface area contributed by atoms with Gasteiger partial charge in [0.15, 0.2) is 0 Å². The van der Waals surface area contributed by atoms with Gasteiger partial charge in [0.2, 0.25) is 0 Å². The molecule has 98 valence electrons. The number of ether oxygens (including phenoxy) is 1. The molecule has 2 aromatic rings. The number of hydrogen-bond donors (Lipinski definition) is 2. The first kappa shape index (κ1) is 12.1. The number of nitrogens with two attached hydrogens (primary N) is 2. The van der Waals surface area contributed by atoms with Crippen molar-refractivity contribution in [2.45, 2.75) is 18.9 Å². The molecule has 3 nitrogen and oxygen atoms in total. The van der Waals surface area contributed by atoms with E-state index in [9.17, 15) is 0 Å². The van der Waals surface area contributed by atoms with Crippen LogP contribution in [0.25, 0.3) is 0 Å². The van der Waals surface area contributed by atoms with E-state index in [1.807, 2.05) is 36.4 Å². The summed E-state index contributed by atoms with van der Waals surface area (Å²) in [6, 6.07) is 13.9. The summed E-state index contributed by atoms with van der Waals surface area (Å²) in [4.78, 5) is 0. The van der Waals surface area contributed by atoms with E-state index in [0.717, 1.165) is 42.0 Å². The number of hydrogen-bond acceptors (Lipinski definition) is 3. The van der Waals surface area contributed by atoms with Crippen molar-refractivity contribution in [3.05, 3.63) is 59.2 Å². The molecule has 0 spiro atoms. The summed E-state index contributed by atoms with van der Waals surface area (Å²) < 4.78 is 5.62. The number of rotatable bonds is 2. The van der Waals surface area contributed by atoms with Crippen LogP contribution in [0.1, 0.15) is 29.2 Å². The molecule has 1 aliphatic rings. The molecular weight excluding hydrogens is 236 g/mol. The van der Waals surface area contributed by atoms with E-state index in [2.05, 4.69) is 6.07 Å². The monoisotopic (exact) mass is 254 g/mol. The van der Waals surface area contributed by atoms with Crippen LogP contribution < -0.4 is 16.2 Å². The van der Waals surface area contributed by atoms with Crippen molar-refractivity contribution in [1.82, 2.24) is 0 Å². The fourth-order valence-electron chi connectivity index (χ4n) is 2.47. The number of nitrogen functional groups attached to an aromatic ring is 1. The van der Waals surface area contributed by atoms with Crippen LogP contribution in [0.15, 0.2) is 42.5 Å². The smallest absolute Gasteiger partial charge is 0.122 e. The zero-order valence-corrected chi connectivity index (χ0v) is 10.8. The van der Waals surface area contributed by atoms with Gasteiger partial charge in [-0.05, 0) is 47.7 Å². The van der Waals surface area contributed by atoms with Crippen LogP contribution in [0, 0.1) is 0 Å². The molecule has 0 aromatic heterocycles. The van der Waals surface area contributed by atoms with Gasteiger partial charge in [0.25, 0.3) is 0 Å². The van der Waals surface area contributed by atoms with Gasteiger partial charge in [-0.2, -0.15) is 0 Å². The van der Waals surface area contributed by atoms with E-state index in [-0.39, 0.29) is 6.04 Å². The third kappa shape index (κ3) is 2.42. The Labute approximate surface area is 113 Å². The van der Waals surface area contributed by atoms with Crippen molar-refractivity contribution >= 4 is 5.69 Å². The molecule has 0 fully saturated rings. The van der Waals surface area contributed by atoms with Crippen LogP contribution in [0.5, 0.6) is 5.75 Å². The van der Waals surface area contributed by atoms with Gasteiger partial charge in [-0.1, -0.05) is 24.3 Å². The number of benzene rings is 2. The maximum atomic E-state index is 6.32. The second kappa shape index (κ2) is 4.94. The number of fused-ring (bicyclic) bond motifs is 1. The molecule has 2 aromatic carbocycles. The Bertz CT molecular complexity index is 578. The Hall–Kier alpha value is -2.00. The Morgan fingerprint density at radius 1 is 1.00 bits per heavy atom. The molecule has 0 saturated heterocycles. The number of anilines is 1. The maximum absolute atomic E-state index is 6.32.